The summed E-state index contributed by atoms with van der Waals surface area (Å²) in [5.41, 5.74) is 1.40. The third kappa shape index (κ3) is 4.05. The summed E-state index contributed by atoms with van der Waals surface area (Å²) in [7, 11) is 0. The maximum Gasteiger partial charge on any atom is 0.137 e. The third-order valence-electron chi connectivity index (χ3n) is 4.40. The molecule has 0 spiro atoms. The van der Waals surface area contributed by atoms with Gasteiger partial charge < -0.3 is 5.32 Å². The predicted octanol–water partition coefficient (Wildman–Crippen LogP) is 5.08. The van der Waals surface area contributed by atoms with E-state index in [-0.39, 0.29) is 5.82 Å². The van der Waals surface area contributed by atoms with Gasteiger partial charge in [0.25, 0.3) is 0 Å². The van der Waals surface area contributed by atoms with E-state index in [1.54, 1.807) is 0 Å². The van der Waals surface area contributed by atoms with E-state index in [0.717, 1.165) is 18.5 Å². The number of halogens is 2. The minimum atomic E-state index is -0.148. The van der Waals surface area contributed by atoms with Gasteiger partial charge >= 0.3 is 0 Å². The van der Waals surface area contributed by atoms with Crippen LogP contribution < -0.4 is 5.32 Å². The normalized spacial score (nSPS) is 18.4. The molecule has 1 aromatic carbocycles. The molecule has 1 saturated carbocycles. The van der Waals surface area contributed by atoms with Crippen molar-refractivity contribution in [1.82, 2.24) is 5.32 Å². The first-order chi connectivity index (χ1) is 9.52. The molecule has 0 radical (unpaired) electrons. The second kappa shape index (κ2) is 7.04. The second-order valence-corrected chi connectivity index (χ2v) is 7.28. The van der Waals surface area contributed by atoms with Crippen LogP contribution in [0.4, 0.5) is 4.39 Å². The molecule has 1 fully saturated rings. The summed E-state index contributed by atoms with van der Waals surface area (Å²) in [4.78, 5) is 0. The fourth-order valence-electron chi connectivity index (χ4n) is 3.23. The van der Waals surface area contributed by atoms with Crippen molar-refractivity contribution in [3.8, 4) is 0 Å². The number of benzene rings is 1. The van der Waals surface area contributed by atoms with Crippen LogP contribution in [-0.4, -0.2) is 12.6 Å². The lowest BCUT2D eigenvalue weighted by molar-refractivity contribution is 0.176. The lowest BCUT2D eigenvalue weighted by Gasteiger charge is -2.38. The molecule has 0 atom stereocenters. The van der Waals surface area contributed by atoms with Gasteiger partial charge in [-0.1, -0.05) is 45.2 Å². The highest BCUT2D eigenvalue weighted by atomic mass is 79.9. The Labute approximate surface area is 130 Å². The molecule has 0 aliphatic heterocycles. The standard InChI is InChI=1S/C17H25BrFN/c1-13(2)20-12-17(9-4-3-5-10-17)11-14-7-6-8-15(19)16(14)18/h6-8,13,20H,3-5,9-12H2,1-2H3. The summed E-state index contributed by atoms with van der Waals surface area (Å²) < 4.78 is 14.4. The summed E-state index contributed by atoms with van der Waals surface area (Å²) >= 11 is 3.42. The SMILES string of the molecule is CC(C)NCC1(Cc2cccc(F)c2Br)CCCCC1. The molecule has 1 aromatic rings. The van der Waals surface area contributed by atoms with Gasteiger partial charge in [-0.05, 0) is 52.2 Å². The van der Waals surface area contributed by atoms with E-state index in [2.05, 4.69) is 41.2 Å². The summed E-state index contributed by atoms with van der Waals surface area (Å²) in [5, 5.41) is 3.60. The van der Waals surface area contributed by atoms with Crippen LogP contribution in [0.2, 0.25) is 0 Å². The van der Waals surface area contributed by atoms with Crippen molar-refractivity contribution < 1.29 is 4.39 Å². The van der Waals surface area contributed by atoms with Crippen molar-refractivity contribution in [3.63, 3.8) is 0 Å². The van der Waals surface area contributed by atoms with Gasteiger partial charge in [0.2, 0.25) is 0 Å². The van der Waals surface area contributed by atoms with E-state index in [1.807, 2.05) is 6.07 Å². The van der Waals surface area contributed by atoms with Crippen molar-refractivity contribution in [2.45, 2.75) is 58.4 Å². The average Bonchev–Trinajstić information content (AvgIpc) is 2.43. The van der Waals surface area contributed by atoms with Crippen LogP contribution in [0.3, 0.4) is 0 Å². The van der Waals surface area contributed by atoms with Gasteiger partial charge in [0.05, 0.1) is 4.47 Å². The fourth-order valence-corrected chi connectivity index (χ4v) is 3.63. The summed E-state index contributed by atoms with van der Waals surface area (Å²) in [6.45, 7) is 5.41. The molecule has 3 heteroatoms. The van der Waals surface area contributed by atoms with E-state index in [1.165, 1.54) is 38.2 Å². The molecule has 0 unspecified atom stereocenters. The lowest BCUT2D eigenvalue weighted by atomic mass is 9.70. The minimum Gasteiger partial charge on any atom is -0.314 e. The molecule has 20 heavy (non-hydrogen) atoms. The average molecular weight is 342 g/mol. The first kappa shape index (κ1) is 16.0. The largest absolute Gasteiger partial charge is 0.314 e. The molecule has 112 valence electrons. The molecule has 0 bridgehead atoms. The van der Waals surface area contributed by atoms with Crippen molar-refractivity contribution in [1.29, 1.82) is 0 Å². The van der Waals surface area contributed by atoms with Crippen molar-refractivity contribution in [2.75, 3.05) is 6.54 Å². The van der Waals surface area contributed by atoms with Crippen LogP contribution in [-0.2, 0) is 6.42 Å². The van der Waals surface area contributed by atoms with Crippen LogP contribution >= 0.6 is 15.9 Å². The van der Waals surface area contributed by atoms with Gasteiger partial charge in [-0.15, -0.1) is 0 Å². The number of hydrogen-bond acceptors (Lipinski definition) is 1. The molecule has 0 heterocycles. The maximum absolute atomic E-state index is 13.7. The number of nitrogens with one attached hydrogen (secondary N) is 1. The molecule has 0 aromatic heterocycles. The molecular formula is C17H25BrFN. The van der Waals surface area contributed by atoms with Crippen molar-refractivity contribution in [2.24, 2.45) is 5.41 Å². The first-order valence-corrected chi connectivity index (χ1v) is 8.48. The minimum absolute atomic E-state index is 0.148. The van der Waals surface area contributed by atoms with Gasteiger partial charge in [0.1, 0.15) is 5.82 Å². The zero-order valence-corrected chi connectivity index (χ0v) is 14.1. The van der Waals surface area contributed by atoms with Gasteiger partial charge in [-0.25, -0.2) is 4.39 Å². The summed E-state index contributed by atoms with van der Waals surface area (Å²) in [6.07, 6.45) is 7.39. The van der Waals surface area contributed by atoms with E-state index in [0.29, 0.717) is 15.9 Å². The van der Waals surface area contributed by atoms with Crippen LogP contribution in [0.5, 0.6) is 0 Å². The fraction of sp³-hybridized carbons (Fsp3) is 0.647. The zero-order chi connectivity index (χ0) is 14.6. The topological polar surface area (TPSA) is 12.0 Å². The van der Waals surface area contributed by atoms with E-state index >= 15 is 0 Å². The molecule has 1 N–H and O–H groups in total. The molecule has 1 nitrogen and oxygen atoms in total. The molecular weight excluding hydrogens is 317 g/mol. The van der Waals surface area contributed by atoms with Crippen molar-refractivity contribution >= 4 is 15.9 Å². The Kier molecular flexibility index (Phi) is 5.62. The Morgan fingerprint density at radius 3 is 2.60 bits per heavy atom. The Balaban J connectivity index is 2.16. The van der Waals surface area contributed by atoms with Gasteiger partial charge in [0.15, 0.2) is 0 Å². The number of rotatable bonds is 5. The van der Waals surface area contributed by atoms with E-state index < -0.39 is 0 Å². The zero-order valence-electron chi connectivity index (χ0n) is 12.5. The smallest absolute Gasteiger partial charge is 0.137 e. The lowest BCUT2D eigenvalue weighted by Crippen LogP contribution is -2.40. The highest BCUT2D eigenvalue weighted by Crippen LogP contribution is 2.40. The molecule has 2 rings (SSSR count). The highest BCUT2D eigenvalue weighted by molar-refractivity contribution is 9.10. The predicted molar refractivity (Wildman–Crippen MR) is 86.5 cm³/mol. The van der Waals surface area contributed by atoms with Crippen LogP contribution in [0.25, 0.3) is 0 Å². The molecule has 1 aliphatic carbocycles. The van der Waals surface area contributed by atoms with Gasteiger partial charge in [-0.3, -0.25) is 0 Å². The first-order valence-electron chi connectivity index (χ1n) is 7.69. The number of hydrogen-bond donors (Lipinski definition) is 1. The Hall–Kier alpha value is -0.410. The molecule has 0 saturated heterocycles. The van der Waals surface area contributed by atoms with Crippen LogP contribution in [0.15, 0.2) is 22.7 Å². The Bertz CT molecular complexity index is 439. The summed E-state index contributed by atoms with van der Waals surface area (Å²) in [5.74, 6) is -0.148. The third-order valence-corrected chi connectivity index (χ3v) is 5.28. The molecule has 0 amide bonds. The maximum atomic E-state index is 13.7. The molecule has 1 aliphatic rings. The van der Waals surface area contributed by atoms with Crippen LogP contribution in [0.1, 0.15) is 51.5 Å². The highest BCUT2D eigenvalue weighted by Gasteiger charge is 2.32. The van der Waals surface area contributed by atoms with E-state index in [9.17, 15) is 4.39 Å². The van der Waals surface area contributed by atoms with E-state index in [4.69, 9.17) is 0 Å². The van der Waals surface area contributed by atoms with Gasteiger partial charge in [-0.2, -0.15) is 0 Å². The van der Waals surface area contributed by atoms with Crippen molar-refractivity contribution in [3.05, 3.63) is 34.1 Å². The quantitative estimate of drug-likeness (QED) is 0.787. The monoisotopic (exact) mass is 341 g/mol. The Morgan fingerprint density at radius 1 is 1.25 bits per heavy atom. The second-order valence-electron chi connectivity index (χ2n) is 6.49. The summed E-state index contributed by atoms with van der Waals surface area (Å²) in [6, 6.07) is 5.90. The van der Waals surface area contributed by atoms with Gasteiger partial charge in [0, 0.05) is 12.6 Å². The van der Waals surface area contributed by atoms with Crippen LogP contribution in [0, 0.1) is 11.2 Å². The Morgan fingerprint density at radius 2 is 1.95 bits per heavy atom.